The number of rotatable bonds is 34. The smallest absolute Gasteiger partial charge is 0.0110 e. The van der Waals surface area contributed by atoms with Crippen LogP contribution in [0.3, 0.4) is 0 Å². The molecule has 0 bridgehead atoms. The Morgan fingerprint density at radius 1 is 0.282 bits per heavy atom. The molecule has 0 unspecified atom stereocenters. The molecule has 0 heterocycles. The molecule has 0 saturated heterocycles. The molecular weight excluding hydrogens is 474 g/mol. The molecule has 0 aromatic carbocycles. The maximum atomic E-state index is 3.77. The quantitative estimate of drug-likeness (QED) is 0.0802. The summed E-state index contributed by atoms with van der Waals surface area (Å²) >= 11 is 0. The van der Waals surface area contributed by atoms with Gasteiger partial charge in [-0.3, -0.25) is 0 Å². The molecule has 0 saturated carbocycles. The highest BCUT2D eigenvalue weighted by molar-refractivity contribution is 4.67. The largest absolute Gasteiger partial charge is 0.315 e. The molecule has 0 aliphatic carbocycles. The van der Waals surface area contributed by atoms with Crippen molar-refractivity contribution in [1.29, 1.82) is 0 Å². The summed E-state index contributed by atoms with van der Waals surface area (Å²) in [5.74, 6) is 0. The van der Waals surface area contributed by atoms with Gasteiger partial charge in [-0.1, -0.05) is 156 Å². The van der Waals surface area contributed by atoms with E-state index in [-0.39, 0.29) is 0 Å². The standard InChI is InChI=1S/C36H77N3/c1-5-9-13-17-21-25-29-37-30-34-39(33-28-24-20-16-12-8-4)36-35-38(31-26-22-18-14-10-6-2)32-27-23-19-15-11-7-3/h37H,5-36H2,1-4H3. The first-order chi connectivity index (χ1) is 19.3. The van der Waals surface area contributed by atoms with Gasteiger partial charge in [-0.2, -0.15) is 0 Å². The van der Waals surface area contributed by atoms with Gasteiger partial charge in [0, 0.05) is 26.2 Å². The van der Waals surface area contributed by atoms with Gasteiger partial charge in [-0.05, 0) is 51.9 Å². The molecule has 0 amide bonds. The molecule has 0 aromatic heterocycles. The molecule has 3 heteroatoms. The van der Waals surface area contributed by atoms with E-state index in [9.17, 15) is 0 Å². The maximum absolute atomic E-state index is 3.77. The Labute approximate surface area is 249 Å². The van der Waals surface area contributed by atoms with Gasteiger partial charge < -0.3 is 15.1 Å². The van der Waals surface area contributed by atoms with Gasteiger partial charge in [0.2, 0.25) is 0 Å². The summed E-state index contributed by atoms with van der Waals surface area (Å²) in [6.45, 7) is 19.4. The monoisotopic (exact) mass is 552 g/mol. The summed E-state index contributed by atoms with van der Waals surface area (Å²) < 4.78 is 0. The number of hydrogen-bond donors (Lipinski definition) is 1. The molecule has 39 heavy (non-hydrogen) atoms. The van der Waals surface area contributed by atoms with Crippen molar-refractivity contribution in [3.8, 4) is 0 Å². The predicted octanol–water partition coefficient (Wildman–Crippen LogP) is 10.6. The molecule has 0 aliphatic heterocycles. The minimum Gasteiger partial charge on any atom is -0.315 e. The van der Waals surface area contributed by atoms with Crippen LogP contribution in [0.15, 0.2) is 0 Å². The van der Waals surface area contributed by atoms with Crippen molar-refractivity contribution in [3.63, 3.8) is 0 Å². The van der Waals surface area contributed by atoms with Crippen molar-refractivity contribution in [2.75, 3.05) is 52.4 Å². The topological polar surface area (TPSA) is 18.5 Å². The highest BCUT2D eigenvalue weighted by Gasteiger charge is 2.10. The van der Waals surface area contributed by atoms with Gasteiger partial charge in [0.1, 0.15) is 0 Å². The van der Waals surface area contributed by atoms with Crippen LogP contribution < -0.4 is 5.32 Å². The lowest BCUT2D eigenvalue weighted by Crippen LogP contribution is -2.40. The van der Waals surface area contributed by atoms with Crippen LogP contribution >= 0.6 is 0 Å². The van der Waals surface area contributed by atoms with E-state index in [2.05, 4.69) is 42.8 Å². The van der Waals surface area contributed by atoms with Crippen molar-refractivity contribution in [2.45, 2.75) is 182 Å². The van der Waals surface area contributed by atoms with Gasteiger partial charge in [0.05, 0.1) is 0 Å². The average Bonchev–Trinajstić information content (AvgIpc) is 2.95. The first kappa shape index (κ1) is 38.9. The lowest BCUT2D eigenvalue weighted by molar-refractivity contribution is 0.195. The SMILES string of the molecule is CCCCCCCCNCCN(CCCCCCCC)CCN(CCCCCCCC)CCCCCCCC. The molecule has 0 radical (unpaired) electrons. The van der Waals surface area contributed by atoms with E-state index in [1.54, 1.807) is 0 Å². The third-order valence-corrected chi connectivity index (χ3v) is 8.53. The normalized spacial score (nSPS) is 11.8. The molecule has 0 spiro atoms. The highest BCUT2D eigenvalue weighted by atomic mass is 15.2. The fraction of sp³-hybridized carbons (Fsp3) is 1.00. The number of nitrogens with zero attached hydrogens (tertiary/aromatic N) is 2. The molecular formula is C36H77N3. The lowest BCUT2D eigenvalue weighted by atomic mass is 10.1. The van der Waals surface area contributed by atoms with E-state index >= 15 is 0 Å². The molecule has 0 aliphatic rings. The Kier molecular flexibility index (Phi) is 34.0. The number of unbranched alkanes of at least 4 members (excludes halogenated alkanes) is 20. The first-order valence-electron chi connectivity index (χ1n) is 18.4. The van der Waals surface area contributed by atoms with Gasteiger partial charge in [0.25, 0.3) is 0 Å². The average molecular weight is 552 g/mol. The second-order valence-electron chi connectivity index (χ2n) is 12.5. The van der Waals surface area contributed by atoms with Gasteiger partial charge in [-0.15, -0.1) is 0 Å². The summed E-state index contributed by atoms with van der Waals surface area (Å²) in [7, 11) is 0. The fourth-order valence-corrected chi connectivity index (χ4v) is 5.69. The zero-order chi connectivity index (χ0) is 28.5. The van der Waals surface area contributed by atoms with Crippen molar-refractivity contribution in [2.24, 2.45) is 0 Å². The molecule has 0 fully saturated rings. The van der Waals surface area contributed by atoms with Gasteiger partial charge in [0.15, 0.2) is 0 Å². The molecule has 1 N–H and O–H groups in total. The van der Waals surface area contributed by atoms with Crippen LogP contribution in [0.2, 0.25) is 0 Å². The van der Waals surface area contributed by atoms with E-state index < -0.39 is 0 Å². The van der Waals surface area contributed by atoms with Gasteiger partial charge >= 0.3 is 0 Å². The molecule has 0 atom stereocenters. The third-order valence-electron chi connectivity index (χ3n) is 8.53. The minimum atomic E-state index is 1.17. The zero-order valence-corrected chi connectivity index (χ0v) is 28.0. The highest BCUT2D eigenvalue weighted by Crippen LogP contribution is 2.10. The fourth-order valence-electron chi connectivity index (χ4n) is 5.69. The Morgan fingerprint density at radius 2 is 0.590 bits per heavy atom. The van der Waals surface area contributed by atoms with Crippen molar-refractivity contribution >= 4 is 0 Å². The number of nitrogens with one attached hydrogen (secondary N) is 1. The van der Waals surface area contributed by atoms with E-state index in [0.717, 1.165) is 0 Å². The van der Waals surface area contributed by atoms with Crippen LogP contribution in [-0.2, 0) is 0 Å². The minimum absolute atomic E-state index is 1.17. The van der Waals surface area contributed by atoms with E-state index in [1.807, 2.05) is 0 Å². The maximum Gasteiger partial charge on any atom is 0.0110 e. The van der Waals surface area contributed by atoms with Gasteiger partial charge in [-0.25, -0.2) is 0 Å². The third kappa shape index (κ3) is 30.7. The van der Waals surface area contributed by atoms with Crippen LogP contribution in [0.4, 0.5) is 0 Å². The molecule has 3 nitrogen and oxygen atoms in total. The second-order valence-corrected chi connectivity index (χ2v) is 12.5. The predicted molar refractivity (Wildman–Crippen MR) is 179 cm³/mol. The van der Waals surface area contributed by atoms with Crippen LogP contribution in [0, 0.1) is 0 Å². The first-order valence-corrected chi connectivity index (χ1v) is 18.4. The van der Waals surface area contributed by atoms with E-state index in [1.165, 1.54) is 206 Å². The van der Waals surface area contributed by atoms with Crippen LogP contribution in [0.1, 0.15) is 182 Å². The summed E-state index contributed by atoms with van der Waals surface area (Å²) in [6, 6.07) is 0. The lowest BCUT2D eigenvalue weighted by Gasteiger charge is -2.28. The zero-order valence-electron chi connectivity index (χ0n) is 28.0. The molecule has 236 valence electrons. The van der Waals surface area contributed by atoms with Crippen LogP contribution in [0.5, 0.6) is 0 Å². The van der Waals surface area contributed by atoms with Crippen molar-refractivity contribution in [1.82, 2.24) is 15.1 Å². The molecule has 0 aromatic rings. The van der Waals surface area contributed by atoms with Crippen molar-refractivity contribution in [3.05, 3.63) is 0 Å². The Bertz CT molecular complexity index is 412. The Hall–Kier alpha value is -0.120. The molecule has 0 rings (SSSR count). The second kappa shape index (κ2) is 34.1. The summed E-state index contributed by atoms with van der Waals surface area (Å²) in [4.78, 5) is 5.63. The van der Waals surface area contributed by atoms with Crippen molar-refractivity contribution < 1.29 is 0 Å². The van der Waals surface area contributed by atoms with Crippen LogP contribution in [0.25, 0.3) is 0 Å². The Balaban J connectivity index is 4.51. The Morgan fingerprint density at radius 3 is 0.974 bits per heavy atom. The van der Waals surface area contributed by atoms with Crippen LogP contribution in [-0.4, -0.2) is 62.2 Å². The number of hydrogen-bond acceptors (Lipinski definition) is 3. The summed E-state index contributed by atoms with van der Waals surface area (Å²) in [6.07, 6.45) is 33.7. The van der Waals surface area contributed by atoms with E-state index in [4.69, 9.17) is 0 Å². The van der Waals surface area contributed by atoms with E-state index in [0.29, 0.717) is 0 Å². The summed E-state index contributed by atoms with van der Waals surface area (Å²) in [5.41, 5.74) is 0. The summed E-state index contributed by atoms with van der Waals surface area (Å²) in [5, 5.41) is 3.77.